The SMILES string of the molecule is COCC(C)N1CCC(C)(O)C1. The Balaban J connectivity index is 2.36. The summed E-state index contributed by atoms with van der Waals surface area (Å²) in [4.78, 5) is 2.27. The van der Waals surface area contributed by atoms with Crippen LogP contribution in [-0.2, 0) is 4.74 Å². The maximum atomic E-state index is 9.70. The van der Waals surface area contributed by atoms with Gasteiger partial charge >= 0.3 is 0 Å². The molecular formula is C9H19NO2. The number of rotatable bonds is 3. The van der Waals surface area contributed by atoms with Gasteiger partial charge in [-0.15, -0.1) is 0 Å². The highest BCUT2D eigenvalue weighted by Crippen LogP contribution is 2.21. The molecule has 1 aliphatic heterocycles. The van der Waals surface area contributed by atoms with Crippen LogP contribution in [0.3, 0.4) is 0 Å². The molecule has 0 aromatic rings. The van der Waals surface area contributed by atoms with Crippen molar-refractivity contribution in [2.24, 2.45) is 0 Å². The molecule has 2 unspecified atom stereocenters. The van der Waals surface area contributed by atoms with Crippen molar-refractivity contribution in [3.63, 3.8) is 0 Å². The van der Waals surface area contributed by atoms with Crippen LogP contribution < -0.4 is 0 Å². The second-order valence-electron chi connectivity index (χ2n) is 4.02. The summed E-state index contributed by atoms with van der Waals surface area (Å²) >= 11 is 0. The predicted octanol–water partition coefficient (Wildman–Crippen LogP) is 0.478. The van der Waals surface area contributed by atoms with Gasteiger partial charge in [0.05, 0.1) is 12.2 Å². The van der Waals surface area contributed by atoms with Crippen LogP contribution in [0.15, 0.2) is 0 Å². The Labute approximate surface area is 74.3 Å². The van der Waals surface area contributed by atoms with Crippen LogP contribution in [0.4, 0.5) is 0 Å². The van der Waals surface area contributed by atoms with Crippen LogP contribution in [0.1, 0.15) is 20.3 Å². The van der Waals surface area contributed by atoms with Crippen molar-refractivity contribution in [2.45, 2.75) is 31.9 Å². The predicted molar refractivity (Wildman–Crippen MR) is 48.2 cm³/mol. The van der Waals surface area contributed by atoms with E-state index in [0.717, 1.165) is 26.1 Å². The van der Waals surface area contributed by atoms with Crippen LogP contribution in [0.5, 0.6) is 0 Å². The number of aliphatic hydroxyl groups is 1. The Morgan fingerprint density at radius 2 is 2.33 bits per heavy atom. The van der Waals surface area contributed by atoms with Gasteiger partial charge in [-0.2, -0.15) is 0 Å². The highest BCUT2D eigenvalue weighted by atomic mass is 16.5. The van der Waals surface area contributed by atoms with Gasteiger partial charge in [0.25, 0.3) is 0 Å². The molecule has 0 bridgehead atoms. The highest BCUT2D eigenvalue weighted by molar-refractivity contribution is 4.88. The molecule has 0 saturated carbocycles. The summed E-state index contributed by atoms with van der Waals surface area (Å²) in [5.41, 5.74) is -0.484. The Morgan fingerprint density at radius 1 is 1.67 bits per heavy atom. The molecule has 1 fully saturated rings. The van der Waals surface area contributed by atoms with Gasteiger partial charge in [-0.3, -0.25) is 4.90 Å². The van der Waals surface area contributed by atoms with E-state index in [9.17, 15) is 5.11 Å². The summed E-state index contributed by atoms with van der Waals surface area (Å²) in [6.45, 7) is 6.53. The fraction of sp³-hybridized carbons (Fsp3) is 1.00. The number of methoxy groups -OCH3 is 1. The quantitative estimate of drug-likeness (QED) is 0.673. The zero-order valence-electron chi connectivity index (χ0n) is 8.21. The Kier molecular flexibility index (Phi) is 3.09. The van der Waals surface area contributed by atoms with E-state index in [2.05, 4.69) is 11.8 Å². The number of nitrogens with zero attached hydrogens (tertiary/aromatic N) is 1. The van der Waals surface area contributed by atoms with E-state index in [1.165, 1.54) is 0 Å². The first-order valence-corrected chi connectivity index (χ1v) is 4.50. The van der Waals surface area contributed by atoms with Crippen molar-refractivity contribution in [3.8, 4) is 0 Å². The molecule has 0 spiro atoms. The molecular weight excluding hydrogens is 154 g/mol. The third kappa shape index (κ3) is 2.44. The van der Waals surface area contributed by atoms with Crippen molar-refractivity contribution in [1.29, 1.82) is 0 Å². The number of hydrogen-bond donors (Lipinski definition) is 1. The van der Waals surface area contributed by atoms with Gasteiger partial charge in [0, 0.05) is 26.2 Å². The van der Waals surface area contributed by atoms with Gasteiger partial charge < -0.3 is 9.84 Å². The molecule has 2 atom stereocenters. The summed E-state index contributed by atoms with van der Waals surface area (Å²) in [7, 11) is 1.71. The number of likely N-dealkylation sites (tertiary alicyclic amines) is 1. The zero-order chi connectivity index (χ0) is 9.19. The zero-order valence-corrected chi connectivity index (χ0v) is 8.21. The standard InChI is InChI=1S/C9H19NO2/c1-8(6-12-3)10-5-4-9(2,11)7-10/h8,11H,4-7H2,1-3H3. The van der Waals surface area contributed by atoms with Crippen molar-refractivity contribution >= 4 is 0 Å². The largest absolute Gasteiger partial charge is 0.389 e. The number of hydrogen-bond acceptors (Lipinski definition) is 3. The summed E-state index contributed by atoms with van der Waals surface area (Å²) in [6.07, 6.45) is 0.876. The number of ether oxygens (including phenoxy) is 1. The van der Waals surface area contributed by atoms with Crippen molar-refractivity contribution < 1.29 is 9.84 Å². The van der Waals surface area contributed by atoms with Gasteiger partial charge in [0.2, 0.25) is 0 Å². The minimum atomic E-state index is -0.484. The van der Waals surface area contributed by atoms with E-state index >= 15 is 0 Å². The minimum Gasteiger partial charge on any atom is -0.389 e. The van der Waals surface area contributed by atoms with Crippen LogP contribution in [0, 0.1) is 0 Å². The van der Waals surface area contributed by atoms with Crippen LogP contribution in [0.25, 0.3) is 0 Å². The van der Waals surface area contributed by atoms with Crippen LogP contribution in [0.2, 0.25) is 0 Å². The molecule has 1 rings (SSSR count). The van der Waals surface area contributed by atoms with Gasteiger partial charge in [-0.1, -0.05) is 0 Å². The molecule has 0 aliphatic carbocycles. The Morgan fingerprint density at radius 3 is 2.75 bits per heavy atom. The van der Waals surface area contributed by atoms with Crippen molar-refractivity contribution in [2.75, 3.05) is 26.8 Å². The average molecular weight is 173 g/mol. The lowest BCUT2D eigenvalue weighted by molar-refractivity contribution is 0.0518. The van der Waals surface area contributed by atoms with Gasteiger partial charge in [0.1, 0.15) is 0 Å². The van der Waals surface area contributed by atoms with E-state index in [1.54, 1.807) is 7.11 Å². The van der Waals surface area contributed by atoms with E-state index in [-0.39, 0.29) is 0 Å². The lowest BCUT2D eigenvalue weighted by atomic mass is 10.1. The molecule has 0 radical (unpaired) electrons. The molecule has 72 valence electrons. The minimum absolute atomic E-state index is 0.420. The van der Waals surface area contributed by atoms with E-state index < -0.39 is 5.60 Å². The third-order valence-electron chi connectivity index (χ3n) is 2.51. The molecule has 3 nitrogen and oxygen atoms in total. The topological polar surface area (TPSA) is 32.7 Å². The lowest BCUT2D eigenvalue weighted by Crippen LogP contribution is -2.37. The van der Waals surface area contributed by atoms with E-state index in [0.29, 0.717) is 6.04 Å². The molecule has 0 amide bonds. The van der Waals surface area contributed by atoms with Crippen LogP contribution >= 0.6 is 0 Å². The summed E-state index contributed by atoms with van der Waals surface area (Å²) in [6, 6.07) is 0.420. The van der Waals surface area contributed by atoms with Crippen molar-refractivity contribution in [1.82, 2.24) is 4.90 Å². The molecule has 1 aliphatic rings. The monoisotopic (exact) mass is 173 g/mol. The summed E-state index contributed by atoms with van der Waals surface area (Å²) in [5.74, 6) is 0. The molecule has 0 aromatic carbocycles. The Bertz CT molecular complexity index is 147. The first-order chi connectivity index (χ1) is 5.55. The fourth-order valence-electron chi connectivity index (χ4n) is 1.70. The first-order valence-electron chi connectivity index (χ1n) is 4.50. The lowest BCUT2D eigenvalue weighted by Gasteiger charge is -2.24. The average Bonchev–Trinajstić information content (AvgIpc) is 2.31. The molecule has 3 heteroatoms. The second-order valence-corrected chi connectivity index (χ2v) is 4.02. The smallest absolute Gasteiger partial charge is 0.0758 e. The fourth-order valence-corrected chi connectivity index (χ4v) is 1.70. The normalized spacial score (nSPS) is 34.0. The Hall–Kier alpha value is -0.120. The molecule has 1 N–H and O–H groups in total. The molecule has 1 heterocycles. The summed E-state index contributed by atoms with van der Waals surface area (Å²) in [5, 5.41) is 9.70. The molecule has 12 heavy (non-hydrogen) atoms. The maximum Gasteiger partial charge on any atom is 0.0758 e. The van der Waals surface area contributed by atoms with E-state index in [4.69, 9.17) is 4.74 Å². The maximum absolute atomic E-state index is 9.70. The summed E-state index contributed by atoms with van der Waals surface area (Å²) < 4.78 is 5.06. The highest BCUT2D eigenvalue weighted by Gasteiger charge is 2.33. The first kappa shape index (κ1) is 9.96. The molecule has 1 saturated heterocycles. The van der Waals surface area contributed by atoms with E-state index in [1.807, 2.05) is 6.92 Å². The third-order valence-corrected chi connectivity index (χ3v) is 2.51. The van der Waals surface area contributed by atoms with Gasteiger partial charge in [-0.05, 0) is 20.3 Å². The molecule has 0 aromatic heterocycles. The van der Waals surface area contributed by atoms with Crippen molar-refractivity contribution in [3.05, 3.63) is 0 Å². The van der Waals surface area contributed by atoms with Gasteiger partial charge in [0.15, 0.2) is 0 Å². The number of β-amino-alcohol motifs (C(OH)–C–C–N with tert-alkyl or cyclic N) is 1. The van der Waals surface area contributed by atoms with Crippen LogP contribution in [-0.4, -0.2) is 48.5 Å². The van der Waals surface area contributed by atoms with Gasteiger partial charge in [-0.25, -0.2) is 0 Å². The second kappa shape index (κ2) is 3.73.